The Bertz CT molecular complexity index is 1500. The number of ether oxygens (including phenoxy) is 16. The molecule has 0 radical (unpaired) electrons. The van der Waals surface area contributed by atoms with E-state index in [1.807, 2.05) is 13.8 Å². The molecule has 0 saturated carbocycles. The van der Waals surface area contributed by atoms with Crippen LogP contribution in [-0.2, 0) is 85.4 Å². The first kappa shape index (κ1) is 60.1. The van der Waals surface area contributed by atoms with Crippen molar-refractivity contribution in [1.82, 2.24) is 0 Å². The van der Waals surface area contributed by atoms with Crippen LogP contribution in [-0.4, -0.2) is 150 Å². The summed E-state index contributed by atoms with van der Waals surface area (Å²) < 4.78 is 111. The van der Waals surface area contributed by atoms with Gasteiger partial charge in [-0.1, -0.05) is 27.0 Å². The van der Waals surface area contributed by atoms with Gasteiger partial charge in [0.25, 0.3) is 11.6 Å². The van der Waals surface area contributed by atoms with E-state index in [-0.39, 0.29) is 104 Å². The lowest BCUT2D eigenvalue weighted by molar-refractivity contribution is -0.543. The molecule has 4 atom stereocenters. The zero-order chi connectivity index (χ0) is 50.9. The Morgan fingerprint density at radius 2 is 0.642 bits per heavy atom. The molecule has 0 aromatic rings. The van der Waals surface area contributed by atoms with Gasteiger partial charge in [0, 0.05) is 96.8 Å². The molecule has 2 aliphatic carbocycles. The average Bonchev–Trinajstić information content (AvgIpc) is 3.28. The van der Waals surface area contributed by atoms with Gasteiger partial charge in [0.1, 0.15) is 0 Å². The van der Waals surface area contributed by atoms with Gasteiger partial charge in [0.15, 0.2) is 22.7 Å². The predicted octanol–water partition coefficient (Wildman–Crippen LogP) is 7.43. The Labute approximate surface area is 400 Å². The highest BCUT2D eigenvalue weighted by atomic mass is 16.9. The highest BCUT2D eigenvalue weighted by molar-refractivity contribution is 5.82. The van der Waals surface area contributed by atoms with E-state index in [1.165, 1.54) is 0 Å². The highest BCUT2D eigenvalue weighted by Gasteiger charge is 2.92. The fourth-order valence-electron chi connectivity index (χ4n) is 9.89. The van der Waals surface area contributed by atoms with Gasteiger partial charge in [-0.05, 0) is 109 Å². The summed E-state index contributed by atoms with van der Waals surface area (Å²) in [6.07, 6.45) is 5.16. The van der Waals surface area contributed by atoms with Crippen molar-refractivity contribution in [2.45, 2.75) is 157 Å². The minimum absolute atomic E-state index is 0.00962. The largest absolute Gasteiger partial charge is 0.491 e. The summed E-state index contributed by atoms with van der Waals surface area (Å²) >= 11 is 0. The molecule has 2 rings (SSSR count). The van der Waals surface area contributed by atoms with E-state index in [0.29, 0.717) is 0 Å². The summed E-state index contributed by atoms with van der Waals surface area (Å²) in [6, 6.07) is 0. The predicted molar refractivity (Wildman–Crippen MR) is 247 cm³/mol. The van der Waals surface area contributed by atoms with Crippen LogP contribution in [0, 0.1) is 5.41 Å². The molecular weight excluding hydrogens is 877 g/mol. The first-order chi connectivity index (χ1) is 32.0. The number of esters is 2. The molecule has 0 N–H and O–H groups in total. The van der Waals surface area contributed by atoms with Crippen LogP contribution in [0.5, 0.6) is 0 Å². The van der Waals surface area contributed by atoms with Crippen molar-refractivity contribution >= 4 is 11.9 Å². The molecular formula is C49H84O18. The number of hydrogen-bond acceptors (Lipinski definition) is 18. The van der Waals surface area contributed by atoms with Crippen LogP contribution in [0.4, 0.5) is 0 Å². The maximum atomic E-state index is 13.9. The molecule has 388 valence electrons. The van der Waals surface area contributed by atoms with Crippen molar-refractivity contribution in [1.29, 1.82) is 0 Å². The second kappa shape index (κ2) is 25.8. The molecule has 0 bridgehead atoms. The average molecular weight is 961 g/mol. The van der Waals surface area contributed by atoms with Gasteiger partial charge in [0.05, 0.1) is 13.2 Å². The third-order valence-corrected chi connectivity index (χ3v) is 11.5. The van der Waals surface area contributed by atoms with E-state index in [0.717, 1.165) is 12.2 Å². The van der Waals surface area contributed by atoms with E-state index in [4.69, 9.17) is 75.8 Å². The van der Waals surface area contributed by atoms with Crippen LogP contribution in [0.25, 0.3) is 0 Å². The van der Waals surface area contributed by atoms with Gasteiger partial charge in [-0.2, -0.15) is 0 Å². The van der Waals surface area contributed by atoms with Crippen LogP contribution in [0.15, 0.2) is 49.0 Å². The molecule has 18 heteroatoms. The van der Waals surface area contributed by atoms with Gasteiger partial charge in [-0.3, -0.25) is 0 Å². The van der Waals surface area contributed by atoms with Gasteiger partial charge in [-0.25, -0.2) is 9.59 Å². The van der Waals surface area contributed by atoms with E-state index in [2.05, 4.69) is 13.2 Å². The van der Waals surface area contributed by atoms with Crippen molar-refractivity contribution in [3.05, 3.63) is 49.0 Å². The summed E-state index contributed by atoms with van der Waals surface area (Å²) in [5.74, 6) is -16.8. The third kappa shape index (κ3) is 9.28. The SMILES string of the molecule is C=CC(=O)OC1(OCC)C(OCC)=CC(OCC)(C(C)(C)C2(OCC)C=C(OCC)C(OCC)(OC(=O)C=C)C(OCC)(OCC)C2(OCC)OCC)C(OCC)(OCC)C1(OCC)OCC. The van der Waals surface area contributed by atoms with Crippen LogP contribution in [0.3, 0.4) is 0 Å². The molecule has 0 aromatic carbocycles. The van der Waals surface area contributed by atoms with E-state index >= 15 is 0 Å². The molecule has 4 unspecified atom stereocenters. The van der Waals surface area contributed by atoms with Crippen molar-refractivity contribution in [3.63, 3.8) is 0 Å². The Morgan fingerprint density at radius 1 is 0.403 bits per heavy atom. The smallest absolute Gasteiger partial charge is 0.333 e. The van der Waals surface area contributed by atoms with Crippen molar-refractivity contribution < 1.29 is 85.4 Å². The minimum Gasteiger partial charge on any atom is -0.491 e. The van der Waals surface area contributed by atoms with Crippen molar-refractivity contribution in [2.24, 2.45) is 5.41 Å². The van der Waals surface area contributed by atoms with E-state index in [1.54, 1.807) is 109 Å². The standard InChI is InChI=1S/C49H84O18/c1-19-39(50)66-44(56-25-7)37(52-21-3)35-42(54-23-5,46(58-27-9,59-28-10)48(44,62-31-13)63-32-14)41(17,18)43(55-24-6)36-38(53-22-4)45(57-26-8,67-40(51)20-2)49(64-33-15,65-34-16)47(43,60-29-11)61-30-12/h19-20,35-36H,1-2,21-34H2,3-18H3. The number of carbonyl (C=O) groups is 2. The lowest BCUT2D eigenvalue weighted by atomic mass is 9.51. The normalized spacial score (nSPS) is 26.2. The van der Waals surface area contributed by atoms with Gasteiger partial charge >= 0.3 is 35.1 Å². The molecule has 2 aliphatic rings. The molecule has 18 nitrogen and oxygen atoms in total. The topological polar surface area (TPSA) is 182 Å². The van der Waals surface area contributed by atoms with Crippen molar-refractivity contribution in [2.75, 3.05) is 92.5 Å². The number of rotatable bonds is 34. The third-order valence-electron chi connectivity index (χ3n) is 11.5. The summed E-state index contributed by atoms with van der Waals surface area (Å²) in [5, 5.41) is 0. The molecule has 0 aliphatic heterocycles. The van der Waals surface area contributed by atoms with Crippen molar-refractivity contribution in [3.8, 4) is 0 Å². The van der Waals surface area contributed by atoms with Crippen LogP contribution in [0.2, 0.25) is 0 Å². The Hall–Kier alpha value is -2.98. The first-order valence-electron chi connectivity index (χ1n) is 24.1. The highest BCUT2D eigenvalue weighted by Crippen LogP contribution is 2.70. The number of hydrogen-bond donors (Lipinski definition) is 0. The summed E-state index contributed by atoms with van der Waals surface area (Å²) in [4.78, 5) is 27.7. The minimum atomic E-state index is -2.49. The van der Waals surface area contributed by atoms with E-state index < -0.39 is 63.3 Å². The second-order valence-electron chi connectivity index (χ2n) is 15.1. The van der Waals surface area contributed by atoms with E-state index in [9.17, 15) is 9.59 Å². The second-order valence-corrected chi connectivity index (χ2v) is 15.1. The fourth-order valence-corrected chi connectivity index (χ4v) is 9.89. The van der Waals surface area contributed by atoms with Gasteiger partial charge < -0.3 is 75.8 Å². The lowest BCUT2D eigenvalue weighted by Crippen LogP contribution is -2.91. The number of carbonyl (C=O) groups excluding carboxylic acids is 2. The molecule has 0 spiro atoms. The van der Waals surface area contributed by atoms with Crippen LogP contribution >= 0.6 is 0 Å². The quantitative estimate of drug-likeness (QED) is 0.0352. The fraction of sp³-hybridized carbons (Fsp3) is 0.796. The molecule has 0 saturated heterocycles. The summed E-state index contributed by atoms with van der Waals surface area (Å²) in [6.45, 7) is 34.5. The Morgan fingerprint density at radius 3 is 0.851 bits per heavy atom. The first-order valence-corrected chi connectivity index (χ1v) is 24.1. The molecule has 67 heavy (non-hydrogen) atoms. The summed E-state index contributed by atoms with van der Waals surface area (Å²) in [7, 11) is 0. The zero-order valence-corrected chi connectivity index (χ0v) is 43.5. The summed E-state index contributed by atoms with van der Waals surface area (Å²) in [5.41, 5.74) is -6.19. The maximum absolute atomic E-state index is 13.9. The molecule has 0 aromatic heterocycles. The van der Waals surface area contributed by atoms with Gasteiger partial charge in [0.2, 0.25) is 0 Å². The molecule has 0 amide bonds. The van der Waals surface area contributed by atoms with Crippen LogP contribution < -0.4 is 0 Å². The van der Waals surface area contributed by atoms with Crippen LogP contribution in [0.1, 0.15) is 111 Å². The Balaban J connectivity index is 4.03. The maximum Gasteiger partial charge on any atom is 0.333 e. The molecule has 0 heterocycles. The zero-order valence-electron chi connectivity index (χ0n) is 43.5. The monoisotopic (exact) mass is 961 g/mol. The Kier molecular flexibility index (Phi) is 23.1. The van der Waals surface area contributed by atoms with Gasteiger partial charge in [-0.15, -0.1) is 0 Å². The lowest BCUT2D eigenvalue weighted by Gasteiger charge is -2.71. The molecule has 0 fully saturated rings.